The summed E-state index contributed by atoms with van der Waals surface area (Å²) in [5.74, 6) is -1.53. The number of ether oxygens (including phenoxy) is 3. The number of Topliss-reactive ketones (excluding diaryl/α,β-unsaturated/α-hetero) is 1. The van der Waals surface area contributed by atoms with Gasteiger partial charge in [-0.3, -0.25) is 43.3 Å². The van der Waals surface area contributed by atoms with Gasteiger partial charge in [0.1, 0.15) is 33.3 Å². The molecule has 33 heteroatoms. The molecule has 3 aromatic carbocycles. The number of rotatable bonds is 17. The number of carbonyl (C=O) groups is 8. The second-order valence-corrected chi connectivity index (χ2v) is 26.4. The smallest absolute Gasteiger partial charge is 0.387 e. The number of ketones is 1. The molecule has 5 fully saturated rings. The number of nitrogen functional groups attached to an aromatic ring is 1. The van der Waals surface area contributed by atoms with Gasteiger partial charge in [0.2, 0.25) is 5.91 Å². The standard InChI is InChI=1S/C25H26F2N4O4.C20H19ClF2N4O3.C12H14F2N2O2.C8H6Cl2N2O.C4H7NO/c1-30-13-19-22(24(30)34)18(11-16(28-19)12-20(32)14-4-5-14)29-17-7-6-15(10-21(17)35-25(26)27)23(33)31-8-2-3-9-31;1-26-10-14-17(19(26)29)13(9-16(21)25-14)24-12-5-4-11(8-15(12)30-20(22)23)18(28)27-6-2-3-7-27;13-12(14)18-10-7-8(3-4-9(10)15)11(17)16-5-1-2-6-16;1-12-3-5-7(8(12)13)4(9)2-6(10)11-5;5-4(6)3-1-2-3/h6-7,10-11,14,25H,2-5,8-9,12-13H2,1H3,(H,28,29);4-5,8-9,20H,2-3,6-7,10H2,1H3,(H,24,25);3-4,7,12H,1-2,5-6,15H2;2H,3H2,1H3;3H,1-2H2,(H2,5,6). The van der Waals surface area contributed by atoms with Crippen LogP contribution in [0.2, 0.25) is 15.3 Å². The third-order valence-electron chi connectivity index (χ3n) is 17.5. The van der Waals surface area contributed by atoms with Gasteiger partial charge in [-0.1, -0.05) is 34.8 Å². The lowest BCUT2D eigenvalue weighted by atomic mass is 10.1. The summed E-state index contributed by atoms with van der Waals surface area (Å²) in [6, 6.07) is 17.4. The van der Waals surface area contributed by atoms with Crippen molar-refractivity contribution in [1.29, 1.82) is 0 Å². The minimum atomic E-state index is -3.10. The van der Waals surface area contributed by atoms with Crippen LogP contribution in [0.1, 0.15) is 149 Å². The van der Waals surface area contributed by atoms with Crippen molar-refractivity contribution in [3.8, 4) is 17.2 Å². The molecule has 6 aromatic rings. The fourth-order valence-electron chi connectivity index (χ4n) is 12.0. The Morgan fingerprint density at radius 2 is 0.853 bits per heavy atom. The van der Waals surface area contributed by atoms with Gasteiger partial charge in [0.05, 0.1) is 92.6 Å². The molecule has 2 saturated carbocycles. The number of hydrogen-bond acceptors (Lipinski definition) is 17. The highest BCUT2D eigenvalue weighted by Gasteiger charge is 2.36. The summed E-state index contributed by atoms with van der Waals surface area (Å²) in [6.07, 6.45) is 9.56. The lowest BCUT2D eigenvalue weighted by molar-refractivity contribution is -0.120. The van der Waals surface area contributed by atoms with Crippen molar-refractivity contribution in [2.75, 3.05) is 76.8 Å². The van der Waals surface area contributed by atoms with E-state index in [1.165, 1.54) is 70.5 Å². The summed E-state index contributed by atoms with van der Waals surface area (Å²) in [5, 5.41) is 6.86. The summed E-state index contributed by atoms with van der Waals surface area (Å²) >= 11 is 17.6. The van der Waals surface area contributed by atoms with Crippen LogP contribution in [0.15, 0.2) is 72.8 Å². The predicted molar refractivity (Wildman–Crippen MR) is 364 cm³/mol. The van der Waals surface area contributed by atoms with Crippen LogP contribution in [-0.4, -0.2) is 172 Å². The van der Waals surface area contributed by atoms with Crippen molar-refractivity contribution >= 4 is 110 Å². The zero-order valence-corrected chi connectivity index (χ0v) is 57.8. The van der Waals surface area contributed by atoms with Crippen LogP contribution in [0, 0.1) is 11.8 Å². The first-order valence-corrected chi connectivity index (χ1v) is 33.8. The molecule has 8 aliphatic rings. The van der Waals surface area contributed by atoms with E-state index in [0.29, 0.717) is 119 Å². The third kappa shape index (κ3) is 18.7. The number of nitrogens with zero attached hydrogens (tertiary/aromatic N) is 9. The van der Waals surface area contributed by atoms with E-state index >= 15 is 0 Å². The largest absolute Gasteiger partial charge is 0.433 e. The highest BCUT2D eigenvalue weighted by atomic mass is 35.5. The summed E-state index contributed by atoms with van der Waals surface area (Å²) in [4.78, 5) is 119. The Morgan fingerprint density at radius 3 is 1.25 bits per heavy atom. The molecule has 2 aliphatic carbocycles. The first kappa shape index (κ1) is 75.0. The van der Waals surface area contributed by atoms with Gasteiger partial charge in [0.15, 0.2) is 0 Å². The van der Waals surface area contributed by atoms with Crippen LogP contribution in [0.5, 0.6) is 17.2 Å². The zero-order chi connectivity index (χ0) is 73.4. The zero-order valence-electron chi connectivity index (χ0n) is 55.5. The van der Waals surface area contributed by atoms with Crippen LogP contribution in [0.4, 0.5) is 54.8 Å². The van der Waals surface area contributed by atoms with Crippen molar-refractivity contribution in [2.45, 2.75) is 110 Å². The molecule has 0 atom stereocenters. The molecule has 542 valence electrons. The van der Waals surface area contributed by atoms with Gasteiger partial charge in [-0.15, -0.1) is 0 Å². The number of nitrogens with one attached hydrogen (secondary N) is 2. The molecule has 0 radical (unpaired) electrons. The molecular formula is C69H72Cl3F6N13O11. The van der Waals surface area contributed by atoms with Crippen LogP contribution in [-0.2, 0) is 35.6 Å². The quantitative estimate of drug-likeness (QED) is 0.0375. The van der Waals surface area contributed by atoms with Crippen molar-refractivity contribution in [3.63, 3.8) is 0 Å². The number of nitrogens with two attached hydrogens (primary N) is 2. The number of likely N-dealkylation sites (tertiary alicyclic amines) is 3. The van der Waals surface area contributed by atoms with Gasteiger partial charge >= 0.3 is 19.8 Å². The third-order valence-corrected chi connectivity index (χ3v) is 18.2. The van der Waals surface area contributed by atoms with Gasteiger partial charge in [0.25, 0.3) is 35.4 Å². The molecule has 3 aromatic heterocycles. The highest BCUT2D eigenvalue weighted by molar-refractivity contribution is 6.36. The van der Waals surface area contributed by atoms with E-state index < -0.39 is 19.8 Å². The first-order chi connectivity index (χ1) is 48.6. The van der Waals surface area contributed by atoms with Crippen LogP contribution in [0.25, 0.3) is 0 Å². The Hall–Kier alpha value is -9.68. The number of hydrogen-bond donors (Lipinski definition) is 4. The Labute approximate surface area is 596 Å². The van der Waals surface area contributed by atoms with Crippen molar-refractivity contribution < 1.29 is 78.9 Å². The topological polar surface area (TPSA) is 298 Å². The van der Waals surface area contributed by atoms with Gasteiger partial charge < -0.3 is 65.7 Å². The second-order valence-electron chi connectivity index (χ2n) is 25.2. The molecule has 0 bridgehead atoms. The summed E-state index contributed by atoms with van der Waals surface area (Å²) < 4.78 is 90.5. The number of carbonyl (C=O) groups excluding carboxylic acids is 8. The molecule has 6 N–H and O–H groups in total. The number of anilines is 5. The van der Waals surface area contributed by atoms with Crippen molar-refractivity contribution in [2.24, 2.45) is 17.6 Å². The molecule has 24 nitrogen and oxygen atoms in total. The molecule has 0 spiro atoms. The minimum Gasteiger partial charge on any atom is -0.433 e. The van der Waals surface area contributed by atoms with E-state index in [4.69, 9.17) is 51.0 Å². The van der Waals surface area contributed by atoms with Crippen molar-refractivity contribution in [3.05, 3.63) is 144 Å². The van der Waals surface area contributed by atoms with Gasteiger partial charge in [-0.25, -0.2) is 9.97 Å². The van der Waals surface area contributed by atoms with Gasteiger partial charge in [0, 0.05) is 95.4 Å². The van der Waals surface area contributed by atoms with E-state index in [-0.39, 0.29) is 123 Å². The lowest BCUT2D eigenvalue weighted by Crippen LogP contribution is -2.27. The summed E-state index contributed by atoms with van der Waals surface area (Å²) in [5.41, 5.74) is 15.7. The monoisotopic (exact) mass is 1480 g/mol. The number of amides is 7. The first-order valence-electron chi connectivity index (χ1n) is 32.7. The number of primary amides is 1. The SMILES string of the molecule is CN1Cc2nc(CC(=O)C3CC3)cc(Nc3ccc(C(=O)N4CCCC4)cc3OC(F)F)c2C1=O.CN1Cc2nc(Cl)cc(Cl)c2C1=O.CN1Cc2nc(Cl)cc(Nc3ccc(C(=O)N4CCCC4)cc3OC(F)F)c2C1=O.NC(=O)C1CC1.Nc1ccc(C(=O)N2CCCC2)cc1OC(F)F. The Bertz CT molecular complexity index is 4210. The molecule has 102 heavy (non-hydrogen) atoms. The fraction of sp³-hybridized carbons (Fsp3) is 0.406. The molecule has 0 unspecified atom stereocenters. The molecule has 7 amide bonds. The molecule has 6 aliphatic heterocycles. The Balaban J connectivity index is 0.000000150. The predicted octanol–water partition coefficient (Wildman–Crippen LogP) is 11.6. The number of benzene rings is 3. The van der Waals surface area contributed by atoms with Crippen LogP contribution in [0.3, 0.4) is 0 Å². The highest BCUT2D eigenvalue weighted by Crippen LogP contribution is 2.40. The van der Waals surface area contributed by atoms with Crippen molar-refractivity contribution in [1.82, 2.24) is 44.4 Å². The normalized spacial score (nSPS) is 16.3. The number of pyridine rings is 3. The van der Waals surface area contributed by atoms with E-state index in [9.17, 15) is 64.7 Å². The molecule has 3 saturated heterocycles. The van der Waals surface area contributed by atoms with Crippen LogP contribution >= 0.6 is 34.8 Å². The number of halogens is 9. The summed E-state index contributed by atoms with van der Waals surface area (Å²) in [6.45, 7) is -4.12. The second kappa shape index (κ2) is 33.0. The number of aromatic nitrogens is 3. The minimum absolute atomic E-state index is 0.0671. The summed E-state index contributed by atoms with van der Waals surface area (Å²) in [7, 11) is 4.98. The molecular weight excluding hydrogens is 1410 g/mol. The van der Waals surface area contributed by atoms with Gasteiger partial charge in [-0.05, 0) is 137 Å². The maximum absolute atomic E-state index is 13.2. The Morgan fingerprint density at radius 1 is 0.490 bits per heavy atom. The lowest BCUT2D eigenvalue weighted by Gasteiger charge is -2.19. The Kier molecular flexibility index (Phi) is 24.2. The fourth-order valence-corrected chi connectivity index (χ4v) is 12.8. The van der Waals surface area contributed by atoms with Gasteiger partial charge in [-0.2, -0.15) is 26.3 Å². The number of alkyl halides is 6. The maximum Gasteiger partial charge on any atom is 0.387 e. The van der Waals surface area contributed by atoms with E-state index in [1.54, 1.807) is 52.9 Å². The average Bonchev–Trinajstić information content (AvgIpc) is 1.60. The van der Waals surface area contributed by atoms with Crippen LogP contribution < -0.4 is 36.3 Å². The van der Waals surface area contributed by atoms with E-state index in [0.717, 1.165) is 64.2 Å². The number of fused-ring (bicyclic) bond motifs is 3. The average molecular weight is 1480 g/mol. The maximum atomic E-state index is 13.2. The van der Waals surface area contributed by atoms with E-state index in [1.807, 2.05) is 0 Å². The molecule has 14 rings (SSSR count). The molecule has 9 heterocycles. The van der Waals surface area contributed by atoms with E-state index in [2.05, 4.69) is 35.1 Å².